The largest absolute Gasteiger partial charge is 0.491 e. The number of esters is 1. The number of allylic oxidation sites excluding steroid dienone is 1. The molecule has 2 amide bonds. The van der Waals surface area contributed by atoms with Gasteiger partial charge in [-0.05, 0) is 42.8 Å². The van der Waals surface area contributed by atoms with Crippen LogP contribution in [0.2, 0.25) is 15.1 Å². The molecule has 13 heteroatoms. The Hall–Kier alpha value is -2.42. The molecule has 2 aromatic rings. The topological polar surface area (TPSA) is 118 Å². The molecule has 2 aromatic carbocycles. The molecule has 0 saturated heterocycles. The van der Waals surface area contributed by atoms with E-state index >= 15 is 0 Å². The second-order valence-corrected chi connectivity index (χ2v) is 10.7. The summed E-state index contributed by atoms with van der Waals surface area (Å²) in [5, 5.41) is 16.0. The summed E-state index contributed by atoms with van der Waals surface area (Å²) in [6.45, 7) is 2.08. The number of benzene rings is 2. The number of nitrogens with zero attached hydrogens (tertiary/aromatic N) is 1. The Morgan fingerprint density at radius 2 is 1.86 bits per heavy atom. The highest BCUT2D eigenvalue weighted by Gasteiger charge is 2.44. The van der Waals surface area contributed by atoms with Gasteiger partial charge in [-0.1, -0.05) is 62.5 Å². The van der Waals surface area contributed by atoms with Crippen LogP contribution in [0.1, 0.15) is 18.4 Å². The van der Waals surface area contributed by atoms with Crippen LogP contribution in [-0.2, 0) is 19.1 Å². The van der Waals surface area contributed by atoms with Gasteiger partial charge in [0, 0.05) is 10.4 Å². The van der Waals surface area contributed by atoms with Crippen molar-refractivity contribution in [1.29, 1.82) is 5.26 Å². The number of nitriles is 1. The van der Waals surface area contributed by atoms with E-state index < -0.39 is 29.6 Å². The summed E-state index contributed by atoms with van der Waals surface area (Å²) >= 11 is 23.1. The molecule has 0 saturated carbocycles. The summed E-state index contributed by atoms with van der Waals surface area (Å²) < 4.78 is 11.0. The maximum Gasteiger partial charge on any atom is 0.319 e. The second kappa shape index (κ2) is 12.9. The molecule has 0 unspecified atom stereocenters. The van der Waals surface area contributed by atoms with Crippen molar-refractivity contribution in [1.82, 2.24) is 5.32 Å². The van der Waals surface area contributed by atoms with Crippen LogP contribution >= 0.6 is 62.5 Å². The van der Waals surface area contributed by atoms with Crippen LogP contribution in [0.25, 0.3) is 0 Å². The van der Waals surface area contributed by atoms with E-state index in [1.54, 1.807) is 25.1 Å². The van der Waals surface area contributed by atoms with Gasteiger partial charge in [-0.3, -0.25) is 14.4 Å². The molecule has 194 valence electrons. The van der Waals surface area contributed by atoms with Crippen LogP contribution in [0.15, 0.2) is 45.4 Å². The molecule has 0 radical (unpaired) electrons. The Balaban J connectivity index is 1.97. The Kier molecular flexibility index (Phi) is 10.2. The lowest BCUT2D eigenvalue weighted by atomic mass is 9.78. The number of methoxy groups -OCH3 is 1. The smallest absolute Gasteiger partial charge is 0.319 e. The van der Waals surface area contributed by atoms with E-state index in [-0.39, 0.29) is 32.1 Å². The van der Waals surface area contributed by atoms with Crippen LogP contribution < -0.4 is 15.4 Å². The normalized spacial score (nSPS) is 17.1. The zero-order valence-electron chi connectivity index (χ0n) is 19.4. The number of anilines is 1. The molecule has 1 heterocycles. The van der Waals surface area contributed by atoms with Crippen LogP contribution in [0.5, 0.6) is 5.75 Å². The van der Waals surface area contributed by atoms with Gasteiger partial charge >= 0.3 is 5.97 Å². The van der Waals surface area contributed by atoms with Gasteiger partial charge in [-0.15, -0.1) is 0 Å². The molecule has 8 nitrogen and oxygen atoms in total. The molecule has 2 N–H and O–H groups in total. The van der Waals surface area contributed by atoms with Crippen LogP contribution in [-0.4, -0.2) is 37.3 Å². The highest BCUT2D eigenvalue weighted by atomic mass is 79.9. The van der Waals surface area contributed by atoms with E-state index in [0.29, 0.717) is 22.9 Å². The first-order chi connectivity index (χ1) is 17.6. The quantitative estimate of drug-likeness (QED) is 0.270. The molecule has 37 heavy (non-hydrogen) atoms. The molecular weight excluding hydrogens is 629 g/mol. The SMILES string of the molecule is CCOc1c(Cl)cc([C@@H]2C(C#N)=C(SCC(=O)Nc3ccc(Br)cc3Cl)NC(=O)[C@H]2C(=O)OC)cc1Cl. The number of carbonyl (C=O) groups is 3. The monoisotopic (exact) mass is 645 g/mol. The third-order valence-electron chi connectivity index (χ3n) is 5.20. The van der Waals surface area contributed by atoms with Gasteiger partial charge in [-0.25, -0.2) is 0 Å². The summed E-state index contributed by atoms with van der Waals surface area (Å²) in [7, 11) is 1.14. The van der Waals surface area contributed by atoms with Crippen LogP contribution in [0.3, 0.4) is 0 Å². The van der Waals surface area contributed by atoms with E-state index in [4.69, 9.17) is 44.3 Å². The summed E-state index contributed by atoms with van der Waals surface area (Å²) in [4.78, 5) is 38.2. The summed E-state index contributed by atoms with van der Waals surface area (Å²) in [6.07, 6.45) is 0. The van der Waals surface area contributed by atoms with Gasteiger partial charge in [0.05, 0.1) is 56.9 Å². The van der Waals surface area contributed by atoms with E-state index in [1.807, 2.05) is 0 Å². The fourth-order valence-electron chi connectivity index (χ4n) is 3.64. The molecule has 0 bridgehead atoms. The van der Waals surface area contributed by atoms with Crippen molar-refractivity contribution in [3.05, 3.63) is 66.0 Å². The Morgan fingerprint density at radius 3 is 2.43 bits per heavy atom. The molecule has 0 spiro atoms. The predicted octanol–water partition coefficient (Wildman–Crippen LogP) is 5.92. The zero-order valence-corrected chi connectivity index (χ0v) is 24.0. The lowest BCUT2D eigenvalue weighted by Gasteiger charge is -2.31. The Labute approximate surface area is 240 Å². The number of hydrogen-bond acceptors (Lipinski definition) is 7. The van der Waals surface area contributed by atoms with Crippen molar-refractivity contribution < 1.29 is 23.9 Å². The van der Waals surface area contributed by atoms with E-state index in [1.165, 1.54) is 12.1 Å². The first kappa shape index (κ1) is 29.1. The van der Waals surface area contributed by atoms with Crippen molar-refractivity contribution in [2.75, 3.05) is 24.8 Å². The van der Waals surface area contributed by atoms with E-state index in [0.717, 1.165) is 23.3 Å². The number of hydrogen-bond donors (Lipinski definition) is 2. The number of ether oxygens (including phenoxy) is 2. The average molecular weight is 648 g/mol. The summed E-state index contributed by atoms with van der Waals surface area (Å²) in [5.74, 6) is -4.34. The van der Waals surface area contributed by atoms with Crippen LogP contribution in [0, 0.1) is 17.2 Å². The maximum atomic E-state index is 13.0. The van der Waals surface area contributed by atoms with Gasteiger partial charge in [0.25, 0.3) is 0 Å². The first-order valence-electron chi connectivity index (χ1n) is 10.6. The fourth-order valence-corrected chi connectivity index (χ4v) is 5.82. The van der Waals surface area contributed by atoms with Crippen molar-refractivity contribution in [2.45, 2.75) is 12.8 Å². The minimum atomic E-state index is -1.38. The molecule has 0 aliphatic carbocycles. The summed E-state index contributed by atoms with van der Waals surface area (Å²) in [5.41, 5.74) is 0.787. The van der Waals surface area contributed by atoms with Crippen LogP contribution in [0.4, 0.5) is 5.69 Å². The third kappa shape index (κ3) is 6.72. The molecule has 0 aromatic heterocycles. The average Bonchev–Trinajstić information content (AvgIpc) is 2.85. The van der Waals surface area contributed by atoms with E-state index in [9.17, 15) is 19.6 Å². The highest BCUT2D eigenvalue weighted by molar-refractivity contribution is 9.10. The predicted molar refractivity (Wildman–Crippen MR) is 147 cm³/mol. The van der Waals surface area contributed by atoms with E-state index in [2.05, 4.69) is 32.6 Å². The van der Waals surface area contributed by atoms with Gasteiger partial charge in [0.2, 0.25) is 11.8 Å². The number of amides is 2. The summed E-state index contributed by atoms with van der Waals surface area (Å²) in [6, 6.07) is 10.0. The Bertz CT molecular complexity index is 1310. The lowest BCUT2D eigenvalue weighted by Crippen LogP contribution is -2.44. The molecule has 3 rings (SSSR count). The fraction of sp³-hybridized carbons (Fsp3) is 0.250. The molecule has 0 fully saturated rings. The van der Waals surface area contributed by atoms with Crippen molar-refractivity contribution in [3.63, 3.8) is 0 Å². The van der Waals surface area contributed by atoms with Gasteiger partial charge < -0.3 is 20.1 Å². The van der Waals surface area contributed by atoms with Gasteiger partial charge in [0.1, 0.15) is 5.92 Å². The number of carbonyl (C=O) groups excluding carboxylic acids is 3. The van der Waals surface area contributed by atoms with Gasteiger partial charge in [0.15, 0.2) is 5.75 Å². The zero-order chi connectivity index (χ0) is 27.3. The minimum absolute atomic E-state index is 0.0470. The van der Waals surface area contributed by atoms with Crippen molar-refractivity contribution >= 4 is 86.0 Å². The second-order valence-electron chi connectivity index (χ2n) is 7.53. The number of rotatable bonds is 8. The van der Waals surface area contributed by atoms with Crippen molar-refractivity contribution in [2.24, 2.45) is 5.92 Å². The molecule has 2 atom stereocenters. The standard InChI is InChI=1S/C24H19BrCl3N3O5S/c1-3-36-21-15(27)6-11(7-16(21)28)19-13(9-29)23(31-22(33)20(19)24(34)35-2)37-10-18(32)30-17-5-4-12(25)8-14(17)26/h4-8,19-20H,3,10H2,1-2H3,(H,30,32)(H,31,33)/t19-,20+/m1/s1. The number of halogens is 4. The first-order valence-corrected chi connectivity index (χ1v) is 13.5. The van der Waals surface area contributed by atoms with Gasteiger partial charge in [-0.2, -0.15) is 5.26 Å². The van der Waals surface area contributed by atoms with Crippen molar-refractivity contribution in [3.8, 4) is 11.8 Å². The molecule has 1 aliphatic heterocycles. The lowest BCUT2D eigenvalue weighted by molar-refractivity contribution is -0.150. The molecular formula is C24H19BrCl3N3O5S. The maximum absolute atomic E-state index is 13.0. The third-order valence-corrected chi connectivity index (χ3v) is 7.59. The number of thioether (sulfide) groups is 1. The minimum Gasteiger partial charge on any atom is -0.491 e. The Morgan fingerprint density at radius 1 is 1.19 bits per heavy atom. The highest BCUT2D eigenvalue weighted by Crippen LogP contribution is 2.44. The number of nitrogens with one attached hydrogen (secondary N) is 2. The molecule has 1 aliphatic rings.